The number of carbonyl (C=O) groups excluding carboxylic acids is 1. The van der Waals surface area contributed by atoms with E-state index in [0.717, 1.165) is 26.2 Å². The van der Waals surface area contributed by atoms with E-state index in [1.165, 1.54) is 6.42 Å². The van der Waals surface area contributed by atoms with Crippen LogP contribution in [0.15, 0.2) is 0 Å². The van der Waals surface area contributed by atoms with Crippen molar-refractivity contribution in [2.24, 2.45) is 0 Å². The van der Waals surface area contributed by atoms with Gasteiger partial charge in [0.1, 0.15) is 0 Å². The molecule has 2 heterocycles. The highest BCUT2D eigenvalue weighted by Crippen LogP contribution is 2.09. The topological polar surface area (TPSA) is 35.6 Å². The number of amides is 1. The molecule has 2 aliphatic heterocycles. The summed E-state index contributed by atoms with van der Waals surface area (Å²) >= 11 is 0. The summed E-state index contributed by atoms with van der Waals surface area (Å²) in [5.41, 5.74) is 0. The fourth-order valence-electron chi connectivity index (χ4n) is 2.43. The van der Waals surface area contributed by atoms with Gasteiger partial charge in [0.05, 0.1) is 6.54 Å². The van der Waals surface area contributed by atoms with Gasteiger partial charge in [0.15, 0.2) is 0 Å². The van der Waals surface area contributed by atoms with Crippen molar-refractivity contribution in [3.05, 3.63) is 0 Å². The van der Waals surface area contributed by atoms with Crippen LogP contribution in [0.2, 0.25) is 0 Å². The number of nitrogens with one attached hydrogen (secondary N) is 1. The quantitative estimate of drug-likeness (QED) is 0.693. The average molecular weight is 211 g/mol. The SMILES string of the molecule is CC1CN(CC(=O)N2CCC2)CC(C)N1. The summed E-state index contributed by atoms with van der Waals surface area (Å²) in [5.74, 6) is 0.308. The van der Waals surface area contributed by atoms with Crippen LogP contribution >= 0.6 is 0 Å². The number of nitrogens with zero attached hydrogens (tertiary/aromatic N) is 2. The molecule has 15 heavy (non-hydrogen) atoms. The molecule has 2 rings (SSSR count). The molecule has 0 saturated carbocycles. The maximum absolute atomic E-state index is 11.8. The predicted molar refractivity (Wildman–Crippen MR) is 59.7 cm³/mol. The molecule has 0 aliphatic carbocycles. The highest BCUT2D eigenvalue weighted by molar-refractivity contribution is 5.78. The Kier molecular flexibility index (Phi) is 3.26. The Morgan fingerprint density at radius 2 is 1.87 bits per heavy atom. The van der Waals surface area contributed by atoms with Gasteiger partial charge in [0, 0.05) is 38.3 Å². The highest BCUT2D eigenvalue weighted by atomic mass is 16.2. The van der Waals surface area contributed by atoms with Gasteiger partial charge >= 0.3 is 0 Å². The molecule has 0 aromatic heterocycles. The minimum Gasteiger partial charge on any atom is -0.341 e. The van der Waals surface area contributed by atoms with E-state index >= 15 is 0 Å². The lowest BCUT2D eigenvalue weighted by molar-refractivity contribution is -0.136. The van der Waals surface area contributed by atoms with Crippen molar-refractivity contribution >= 4 is 5.91 Å². The van der Waals surface area contributed by atoms with Gasteiger partial charge in [-0.1, -0.05) is 0 Å². The van der Waals surface area contributed by atoms with Crippen LogP contribution in [-0.2, 0) is 4.79 Å². The first kappa shape index (κ1) is 10.9. The molecule has 0 spiro atoms. The van der Waals surface area contributed by atoms with Gasteiger partial charge in [-0.25, -0.2) is 0 Å². The molecule has 2 unspecified atom stereocenters. The molecule has 2 fully saturated rings. The highest BCUT2D eigenvalue weighted by Gasteiger charge is 2.26. The number of piperazine rings is 1. The van der Waals surface area contributed by atoms with Crippen LogP contribution in [0.4, 0.5) is 0 Å². The number of carbonyl (C=O) groups is 1. The molecule has 0 radical (unpaired) electrons. The lowest BCUT2D eigenvalue weighted by Gasteiger charge is -2.38. The monoisotopic (exact) mass is 211 g/mol. The van der Waals surface area contributed by atoms with Crippen LogP contribution < -0.4 is 5.32 Å². The number of hydrogen-bond acceptors (Lipinski definition) is 3. The lowest BCUT2D eigenvalue weighted by Crippen LogP contribution is -2.57. The van der Waals surface area contributed by atoms with Gasteiger partial charge in [-0.2, -0.15) is 0 Å². The van der Waals surface area contributed by atoms with Crippen LogP contribution in [-0.4, -0.2) is 60.5 Å². The van der Waals surface area contributed by atoms with Crippen molar-refractivity contribution in [2.45, 2.75) is 32.4 Å². The molecule has 0 aromatic carbocycles. The van der Waals surface area contributed by atoms with Crippen molar-refractivity contribution in [2.75, 3.05) is 32.7 Å². The van der Waals surface area contributed by atoms with Gasteiger partial charge in [-0.15, -0.1) is 0 Å². The van der Waals surface area contributed by atoms with E-state index in [1.54, 1.807) is 0 Å². The summed E-state index contributed by atoms with van der Waals surface area (Å²) < 4.78 is 0. The summed E-state index contributed by atoms with van der Waals surface area (Å²) in [6.45, 7) is 8.88. The van der Waals surface area contributed by atoms with Crippen LogP contribution in [0.25, 0.3) is 0 Å². The lowest BCUT2D eigenvalue weighted by atomic mass is 10.1. The van der Waals surface area contributed by atoms with Gasteiger partial charge in [-0.3, -0.25) is 9.69 Å². The van der Waals surface area contributed by atoms with Crippen molar-refractivity contribution < 1.29 is 4.79 Å². The largest absolute Gasteiger partial charge is 0.341 e. The van der Waals surface area contributed by atoms with E-state index in [1.807, 2.05) is 4.90 Å². The molecule has 1 N–H and O–H groups in total. The Balaban J connectivity index is 1.80. The van der Waals surface area contributed by atoms with Crippen molar-refractivity contribution in [3.63, 3.8) is 0 Å². The first-order valence-electron chi connectivity index (χ1n) is 5.91. The number of hydrogen-bond donors (Lipinski definition) is 1. The second-order valence-electron chi connectivity index (χ2n) is 4.90. The summed E-state index contributed by atoms with van der Waals surface area (Å²) in [7, 11) is 0. The fourth-order valence-corrected chi connectivity index (χ4v) is 2.43. The molecule has 1 amide bonds. The van der Waals surface area contributed by atoms with E-state index in [-0.39, 0.29) is 0 Å². The average Bonchev–Trinajstić information content (AvgIpc) is 1.96. The molecule has 2 atom stereocenters. The Morgan fingerprint density at radius 3 is 2.33 bits per heavy atom. The molecule has 2 aliphatic rings. The van der Waals surface area contributed by atoms with Crippen LogP contribution in [0.1, 0.15) is 20.3 Å². The molecule has 2 saturated heterocycles. The minimum absolute atomic E-state index is 0.308. The summed E-state index contributed by atoms with van der Waals surface area (Å²) in [6, 6.07) is 0.996. The molecule has 0 bridgehead atoms. The number of rotatable bonds is 2. The number of likely N-dealkylation sites (tertiary alicyclic amines) is 1. The Bertz CT molecular complexity index is 230. The summed E-state index contributed by atoms with van der Waals surface area (Å²) in [5, 5.41) is 3.47. The van der Waals surface area contributed by atoms with Gasteiger partial charge in [0.2, 0.25) is 5.91 Å². The summed E-state index contributed by atoms with van der Waals surface area (Å²) in [4.78, 5) is 16.0. The zero-order valence-electron chi connectivity index (χ0n) is 9.70. The predicted octanol–water partition coefficient (Wildman–Crippen LogP) is -0.0991. The van der Waals surface area contributed by atoms with E-state index in [9.17, 15) is 4.79 Å². The maximum Gasteiger partial charge on any atom is 0.236 e. The first-order valence-corrected chi connectivity index (χ1v) is 5.91. The Labute approximate surface area is 91.6 Å². The second kappa shape index (κ2) is 4.49. The molecule has 4 heteroatoms. The second-order valence-corrected chi connectivity index (χ2v) is 4.90. The molecule has 4 nitrogen and oxygen atoms in total. The molecule has 86 valence electrons. The van der Waals surface area contributed by atoms with Gasteiger partial charge in [-0.05, 0) is 20.3 Å². The summed E-state index contributed by atoms with van der Waals surface area (Å²) in [6.07, 6.45) is 1.18. The third-order valence-corrected chi connectivity index (χ3v) is 3.20. The van der Waals surface area contributed by atoms with E-state index in [4.69, 9.17) is 0 Å². The molecule has 0 aromatic rings. The zero-order valence-corrected chi connectivity index (χ0v) is 9.70. The minimum atomic E-state index is 0.308. The van der Waals surface area contributed by atoms with Crippen LogP contribution in [0.5, 0.6) is 0 Å². The maximum atomic E-state index is 11.8. The normalized spacial score (nSPS) is 32.5. The zero-order chi connectivity index (χ0) is 10.8. The van der Waals surface area contributed by atoms with Crippen molar-refractivity contribution in [1.82, 2.24) is 15.1 Å². The standard InChI is InChI=1S/C11H21N3O/c1-9-6-13(7-10(2)12-9)8-11(15)14-4-3-5-14/h9-10,12H,3-8H2,1-2H3. The third kappa shape index (κ3) is 2.69. The van der Waals surface area contributed by atoms with Crippen molar-refractivity contribution in [3.8, 4) is 0 Å². The molecular formula is C11H21N3O. The van der Waals surface area contributed by atoms with Crippen LogP contribution in [0, 0.1) is 0 Å². The van der Waals surface area contributed by atoms with E-state index in [2.05, 4.69) is 24.1 Å². The smallest absolute Gasteiger partial charge is 0.236 e. The Hall–Kier alpha value is -0.610. The fraction of sp³-hybridized carbons (Fsp3) is 0.909. The van der Waals surface area contributed by atoms with Gasteiger partial charge < -0.3 is 10.2 Å². The molecular weight excluding hydrogens is 190 g/mol. The third-order valence-electron chi connectivity index (χ3n) is 3.20. The van der Waals surface area contributed by atoms with Crippen molar-refractivity contribution in [1.29, 1.82) is 0 Å². The van der Waals surface area contributed by atoms with E-state index in [0.29, 0.717) is 24.5 Å². The van der Waals surface area contributed by atoms with E-state index < -0.39 is 0 Å². The van der Waals surface area contributed by atoms with Gasteiger partial charge in [0.25, 0.3) is 0 Å². The first-order chi connectivity index (χ1) is 7.15. The van der Waals surface area contributed by atoms with Crippen LogP contribution in [0.3, 0.4) is 0 Å². The Morgan fingerprint density at radius 1 is 1.27 bits per heavy atom.